The van der Waals surface area contributed by atoms with Crippen LogP contribution in [0.3, 0.4) is 0 Å². The van der Waals surface area contributed by atoms with Crippen LogP contribution in [0.1, 0.15) is 175 Å². The van der Waals surface area contributed by atoms with Crippen LogP contribution in [0.15, 0.2) is 243 Å². The van der Waals surface area contributed by atoms with Crippen LogP contribution in [0.5, 0.6) is 0 Å². The summed E-state index contributed by atoms with van der Waals surface area (Å²) >= 11 is 0. The first-order valence-electron chi connectivity index (χ1n) is 43.7. The molecule has 0 radical (unpaired) electrons. The molecule has 0 aliphatic heterocycles. The van der Waals surface area contributed by atoms with Crippen LogP contribution in [-0.2, 0) is 41.0 Å². The molecule has 121 heavy (non-hydrogen) atoms. The molecule has 0 saturated heterocycles. The summed E-state index contributed by atoms with van der Waals surface area (Å²) in [6.07, 6.45) is 15.6. The van der Waals surface area contributed by atoms with E-state index in [2.05, 4.69) is 403 Å². The summed E-state index contributed by atoms with van der Waals surface area (Å²) in [6, 6.07) is 80.2. The molecule has 0 amide bonds. The molecule has 0 unspecified atom stereocenters. The first-order valence-corrected chi connectivity index (χ1v) is 43.7. The van der Waals surface area contributed by atoms with E-state index in [0.29, 0.717) is 17.8 Å². The third kappa shape index (κ3) is 19.1. The zero-order valence-electron chi connectivity index (χ0n) is 76.1. The Balaban J connectivity index is 0.000000132. The standard InChI is InChI=1S/C29H31N2.C29H33N2.C28H31N2.C27H29N2/c1-19-15-20(2)21(3)26(16-19)28-14-12-23-9-10-24(17-29(23)31(28)4)27-13-11-25(18-30-27)22-7-5-6-8-22;1-19-14-20(2)21(3)25(15-19)27-13-11-23-9-10-24(16-28(23)31(27)7)26-12-8-22(18-30-26)17-29(4,5)6;1-18(2)13-22-7-11-26(29-17-22)24-9-8-23-10-12-27(30(6)28(23)16-24)25-15-19(3)14-20(4)21(25)5;1-17(2)23-9-11-25(28-16-23)22-8-7-21-10-12-26(29(6)27(21)15-22)24-14-18(3)13-19(4)20(24)5/h9-18,22H,5-8H2,1-4H3;8-16,18H,17H2,1-7H3;7-12,14-18H,13H2,1-6H3;7-17H,1-6H3/q4*+1. The summed E-state index contributed by atoms with van der Waals surface area (Å²) in [5.41, 5.74) is 45.3. The van der Waals surface area contributed by atoms with Gasteiger partial charge in [0.15, 0.2) is 0 Å². The maximum atomic E-state index is 4.84. The number of aromatic nitrogens is 8. The first-order chi connectivity index (χ1) is 57.8. The molecular formula is C113H124N8+4. The number of pyridine rings is 8. The molecule has 8 nitrogen and oxygen atoms in total. The normalized spacial score (nSPS) is 12.3. The highest BCUT2D eigenvalue weighted by Gasteiger charge is 2.25. The van der Waals surface area contributed by atoms with Gasteiger partial charge < -0.3 is 0 Å². The molecule has 1 fully saturated rings. The lowest BCUT2D eigenvalue weighted by Gasteiger charge is -2.17. The molecule has 17 rings (SSSR count). The van der Waals surface area contributed by atoms with Gasteiger partial charge in [0.25, 0.3) is 0 Å². The number of hydrogen-bond donors (Lipinski definition) is 0. The summed E-state index contributed by atoms with van der Waals surface area (Å²) in [5.74, 6) is 1.85. The van der Waals surface area contributed by atoms with Crippen molar-refractivity contribution in [3.8, 4) is 90.1 Å². The Morgan fingerprint density at radius 2 is 0.620 bits per heavy atom. The van der Waals surface area contributed by atoms with Gasteiger partial charge in [0.05, 0.1) is 22.8 Å². The topological polar surface area (TPSA) is 67.1 Å². The average Bonchev–Trinajstić information content (AvgIpc) is 1.06. The second-order valence-corrected chi connectivity index (χ2v) is 36.8. The van der Waals surface area contributed by atoms with Gasteiger partial charge in [-0.3, -0.25) is 19.9 Å². The van der Waals surface area contributed by atoms with Gasteiger partial charge in [0, 0.05) is 139 Å². The van der Waals surface area contributed by atoms with Gasteiger partial charge in [-0.25, -0.2) is 0 Å². The lowest BCUT2D eigenvalue weighted by molar-refractivity contribution is -0.633. The minimum atomic E-state index is 0.266. The molecule has 1 aliphatic rings. The van der Waals surface area contributed by atoms with Crippen LogP contribution in [0, 0.1) is 94.4 Å². The quantitative estimate of drug-likeness (QED) is 0.108. The van der Waals surface area contributed by atoms with Crippen molar-refractivity contribution in [3.05, 3.63) is 332 Å². The predicted molar refractivity (Wildman–Crippen MR) is 509 cm³/mol. The largest absolute Gasteiger partial charge is 0.256 e. The second kappa shape index (κ2) is 36.1. The average molecular weight is 1590 g/mol. The van der Waals surface area contributed by atoms with E-state index in [0.717, 1.165) is 52.3 Å². The summed E-state index contributed by atoms with van der Waals surface area (Å²) in [5, 5.41) is 4.96. The first kappa shape index (κ1) is 85.4. The van der Waals surface area contributed by atoms with E-state index in [1.54, 1.807) is 0 Å². The lowest BCUT2D eigenvalue weighted by Crippen LogP contribution is -2.32. The molecule has 8 heteroatoms. The Bertz CT molecular complexity index is 6530. The lowest BCUT2D eigenvalue weighted by atomic mass is 9.89. The van der Waals surface area contributed by atoms with Crippen LogP contribution in [0.2, 0.25) is 0 Å². The fourth-order valence-corrected chi connectivity index (χ4v) is 18.0. The van der Waals surface area contributed by atoms with E-state index in [1.165, 1.54) is 209 Å². The summed E-state index contributed by atoms with van der Waals surface area (Å²) in [4.78, 5) is 19.1. The van der Waals surface area contributed by atoms with Crippen molar-refractivity contribution in [2.45, 2.75) is 182 Å². The van der Waals surface area contributed by atoms with Crippen molar-refractivity contribution in [1.29, 1.82) is 0 Å². The highest BCUT2D eigenvalue weighted by molar-refractivity contribution is 5.87. The molecular weight excluding hydrogens is 1470 g/mol. The van der Waals surface area contributed by atoms with E-state index in [-0.39, 0.29) is 5.41 Å². The number of aryl methyl sites for hydroxylation is 12. The van der Waals surface area contributed by atoms with Crippen molar-refractivity contribution in [2.24, 2.45) is 39.5 Å². The molecule has 8 heterocycles. The molecule has 0 N–H and O–H groups in total. The minimum absolute atomic E-state index is 0.266. The van der Waals surface area contributed by atoms with Gasteiger partial charge >= 0.3 is 0 Å². The SMILES string of the molecule is Cc1cc(C)c(C)c(-c2ccc3ccc(-c4ccc(C(C)C)cn4)cc3[n+]2C)c1.Cc1cc(C)c(C)c(-c2ccc3ccc(-c4ccc(C5CCCC5)cn4)cc3[n+]2C)c1.Cc1cc(C)c(C)c(-c2ccc3ccc(-c4ccc(CC(C)(C)C)cn4)cc3[n+]2C)c1.Cc1cc(C)c(C)c(-c2ccc3ccc(-c4ccc(CC(C)C)cn4)cc3[n+]2C)c1. The van der Waals surface area contributed by atoms with Crippen molar-refractivity contribution >= 4 is 43.6 Å². The maximum absolute atomic E-state index is 4.84. The van der Waals surface area contributed by atoms with Gasteiger partial charge in [-0.1, -0.05) is 156 Å². The molecule has 612 valence electrons. The Morgan fingerprint density at radius 1 is 0.322 bits per heavy atom. The van der Waals surface area contributed by atoms with Crippen LogP contribution in [-0.4, -0.2) is 19.9 Å². The Hall–Kier alpha value is -12.0. The number of fused-ring (bicyclic) bond motifs is 4. The van der Waals surface area contributed by atoms with E-state index in [9.17, 15) is 0 Å². The Kier molecular flexibility index (Phi) is 25.5. The van der Waals surface area contributed by atoms with Gasteiger partial charge in [0.2, 0.25) is 44.8 Å². The Labute approximate surface area is 720 Å². The van der Waals surface area contributed by atoms with E-state index < -0.39 is 0 Å². The molecule has 1 aliphatic carbocycles. The molecule has 1 saturated carbocycles. The number of benzene rings is 8. The van der Waals surface area contributed by atoms with Gasteiger partial charge in [-0.05, 0) is 296 Å². The van der Waals surface area contributed by atoms with Gasteiger partial charge in [0.1, 0.15) is 28.2 Å². The van der Waals surface area contributed by atoms with Crippen molar-refractivity contribution in [3.63, 3.8) is 0 Å². The summed E-state index contributed by atoms with van der Waals surface area (Å²) in [6.45, 7) is 42.0. The zero-order chi connectivity index (χ0) is 86.0. The van der Waals surface area contributed by atoms with Crippen LogP contribution in [0.25, 0.3) is 134 Å². The van der Waals surface area contributed by atoms with Crippen LogP contribution in [0.4, 0.5) is 0 Å². The molecule has 0 spiro atoms. The molecule has 8 aromatic carbocycles. The van der Waals surface area contributed by atoms with Crippen molar-refractivity contribution in [2.75, 3.05) is 0 Å². The van der Waals surface area contributed by atoms with Crippen LogP contribution < -0.4 is 18.3 Å². The summed E-state index contributed by atoms with van der Waals surface area (Å²) < 4.78 is 9.26. The second-order valence-electron chi connectivity index (χ2n) is 36.8. The van der Waals surface area contributed by atoms with Crippen LogP contribution >= 0.6 is 0 Å². The smallest absolute Gasteiger partial charge is 0.213 e. The predicted octanol–water partition coefficient (Wildman–Crippen LogP) is 26.8. The summed E-state index contributed by atoms with van der Waals surface area (Å²) in [7, 11) is 8.67. The minimum Gasteiger partial charge on any atom is -0.256 e. The Morgan fingerprint density at radius 3 is 0.893 bits per heavy atom. The monoisotopic (exact) mass is 1590 g/mol. The number of rotatable bonds is 13. The van der Waals surface area contributed by atoms with Crippen molar-refractivity contribution < 1.29 is 18.3 Å². The molecule has 16 aromatic rings. The zero-order valence-corrected chi connectivity index (χ0v) is 76.1. The van der Waals surface area contributed by atoms with E-state index in [4.69, 9.17) is 19.9 Å². The molecule has 8 aromatic heterocycles. The van der Waals surface area contributed by atoms with Gasteiger partial charge in [-0.15, -0.1) is 0 Å². The number of nitrogens with zero attached hydrogens (tertiary/aromatic N) is 8. The molecule has 0 atom stereocenters. The van der Waals surface area contributed by atoms with Crippen molar-refractivity contribution in [1.82, 2.24) is 19.9 Å². The fraction of sp³-hybridized carbons (Fsp3) is 0.292. The third-order valence-corrected chi connectivity index (χ3v) is 25.3. The highest BCUT2D eigenvalue weighted by Crippen LogP contribution is 2.38. The van der Waals surface area contributed by atoms with E-state index in [1.807, 2.05) is 18.6 Å². The molecule has 0 bridgehead atoms. The number of hydrogen-bond acceptors (Lipinski definition) is 4. The third-order valence-electron chi connectivity index (χ3n) is 25.3. The maximum Gasteiger partial charge on any atom is 0.213 e. The fourth-order valence-electron chi connectivity index (χ4n) is 18.0. The highest BCUT2D eigenvalue weighted by atomic mass is 15.0. The van der Waals surface area contributed by atoms with Gasteiger partial charge in [-0.2, -0.15) is 18.3 Å². The van der Waals surface area contributed by atoms with E-state index >= 15 is 0 Å².